The molecule has 3 rings (SSSR count). The minimum absolute atomic E-state index is 0.0506. The molecule has 2 aromatic rings. The van der Waals surface area contributed by atoms with E-state index in [0.29, 0.717) is 11.9 Å². The molecule has 26 heavy (non-hydrogen) atoms. The van der Waals surface area contributed by atoms with Crippen LogP contribution in [0.25, 0.3) is 10.1 Å². The van der Waals surface area contributed by atoms with E-state index in [4.69, 9.17) is 4.74 Å². The highest BCUT2D eigenvalue weighted by atomic mass is 32.2. The van der Waals surface area contributed by atoms with Gasteiger partial charge in [0.05, 0.1) is 7.11 Å². The summed E-state index contributed by atoms with van der Waals surface area (Å²) in [7, 11) is -2.54. The standard InChI is InChI=1S/C18H24N2O4S2/c1-3-12-20(13-8-10-19-11-9-13)26(22,23)17-14-6-4-5-7-15(14)25-16(17)18(21)24-2/h4-7,13,19H,3,8-12H2,1-2H3. The summed E-state index contributed by atoms with van der Waals surface area (Å²) in [5.41, 5.74) is 0. The molecule has 142 valence electrons. The molecule has 0 radical (unpaired) electrons. The first-order valence-electron chi connectivity index (χ1n) is 8.83. The highest BCUT2D eigenvalue weighted by Gasteiger charge is 2.37. The molecule has 1 aliphatic rings. The second-order valence-electron chi connectivity index (χ2n) is 6.34. The molecule has 0 atom stereocenters. The predicted molar refractivity (Wildman–Crippen MR) is 103 cm³/mol. The molecule has 6 nitrogen and oxygen atoms in total. The van der Waals surface area contributed by atoms with Crippen LogP contribution in [-0.4, -0.2) is 51.5 Å². The summed E-state index contributed by atoms with van der Waals surface area (Å²) >= 11 is 1.17. The number of benzene rings is 1. The van der Waals surface area contributed by atoms with Crippen LogP contribution in [-0.2, 0) is 14.8 Å². The predicted octanol–water partition coefficient (Wildman–Crippen LogP) is 2.84. The number of nitrogens with one attached hydrogen (secondary N) is 1. The number of hydrogen-bond donors (Lipinski definition) is 1. The second kappa shape index (κ2) is 8.04. The Kier molecular flexibility index (Phi) is 5.96. The molecule has 0 unspecified atom stereocenters. The molecule has 0 aliphatic carbocycles. The van der Waals surface area contributed by atoms with Gasteiger partial charge in [-0.2, -0.15) is 4.31 Å². The largest absolute Gasteiger partial charge is 0.465 e. The van der Waals surface area contributed by atoms with Gasteiger partial charge in [0.25, 0.3) is 0 Å². The Balaban J connectivity index is 2.16. The number of ether oxygens (including phenoxy) is 1. The monoisotopic (exact) mass is 396 g/mol. The highest BCUT2D eigenvalue weighted by Crippen LogP contribution is 2.38. The summed E-state index contributed by atoms with van der Waals surface area (Å²) in [5, 5.41) is 3.86. The fourth-order valence-electron chi connectivity index (χ4n) is 3.44. The van der Waals surface area contributed by atoms with Gasteiger partial charge in [-0.3, -0.25) is 0 Å². The molecule has 1 aromatic carbocycles. The summed E-state index contributed by atoms with van der Waals surface area (Å²) in [6, 6.07) is 7.18. The van der Waals surface area contributed by atoms with Crippen molar-refractivity contribution in [2.24, 2.45) is 0 Å². The Morgan fingerprint density at radius 2 is 2.00 bits per heavy atom. The number of piperidine rings is 1. The number of rotatable bonds is 6. The summed E-state index contributed by atoms with van der Waals surface area (Å²) < 4.78 is 34.5. The molecule has 1 aromatic heterocycles. The Hall–Kier alpha value is -1.48. The van der Waals surface area contributed by atoms with Gasteiger partial charge in [-0.05, 0) is 38.4 Å². The number of carbonyl (C=O) groups is 1. The molecule has 1 fully saturated rings. The first kappa shape index (κ1) is 19.3. The third-order valence-corrected chi connectivity index (χ3v) is 7.97. The van der Waals surface area contributed by atoms with Gasteiger partial charge in [0, 0.05) is 22.7 Å². The third kappa shape index (κ3) is 3.51. The van der Waals surface area contributed by atoms with Crippen molar-refractivity contribution in [3.63, 3.8) is 0 Å². The summed E-state index contributed by atoms with van der Waals surface area (Å²) in [6.07, 6.45) is 2.27. The molecule has 0 amide bonds. The van der Waals surface area contributed by atoms with Crippen molar-refractivity contribution in [1.82, 2.24) is 9.62 Å². The van der Waals surface area contributed by atoms with Crippen LogP contribution < -0.4 is 5.32 Å². The van der Waals surface area contributed by atoms with E-state index in [1.54, 1.807) is 16.4 Å². The van der Waals surface area contributed by atoms with Crippen molar-refractivity contribution < 1.29 is 17.9 Å². The SMILES string of the molecule is CCCN(C1CCNCC1)S(=O)(=O)c1c(C(=O)OC)sc2ccccc12. The topological polar surface area (TPSA) is 75.7 Å². The van der Waals surface area contributed by atoms with Crippen molar-refractivity contribution in [2.75, 3.05) is 26.7 Å². The fourth-order valence-corrected chi connectivity index (χ4v) is 6.99. The maximum atomic E-state index is 13.6. The van der Waals surface area contributed by atoms with Crippen molar-refractivity contribution >= 4 is 37.4 Å². The van der Waals surface area contributed by atoms with Gasteiger partial charge in [-0.15, -0.1) is 11.3 Å². The average molecular weight is 397 g/mol. The first-order chi connectivity index (χ1) is 12.5. The van der Waals surface area contributed by atoms with Crippen molar-refractivity contribution in [3.8, 4) is 0 Å². The van der Waals surface area contributed by atoms with Crippen LogP contribution in [0.1, 0.15) is 35.9 Å². The van der Waals surface area contributed by atoms with Gasteiger partial charge >= 0.3 is 5.97 Å². The number of carbonyl (C=O) groups excluding carboxylic acids is 1. The molecule has 0 saturated carbocycles. The minimum Gasteiger partial charge on any atom is -0.465 e. The van der Waals surface area contributed by atoms with E-state index in [-0.39, 0.29) is 15.8 Å². The van der Waals surface area contributed by atoms with Crippen LogP contribution in [0.15, 0.2) is 29.2 Å². The van der Waals surface area contributed by atoms with Gasteiger partial charge < -0.3 is 10.1 Å². The van der Waals surface area contributed by atoms with Crippen molar-refractivity contribution in [2.45, 2.75) is 37.1 Å². The Morgan fingerprint density at radius 3 is 2.65 bits per heavy atom. The molecule has 0 bridgehead atoms. The fraction of sp³-hybridized carbons (Fsp3) is 0.500. The van der Waals surface area contributed by atoms with Gasteiger partial charge in [-0.25, -0.2) is 13.2 Å². The number of hydrogen-bond acceptors (Lipinski definition) is 6. The number of thiophene rings is 1. The van der Waals surface area contributed by atoms with Crippen molar-refractivity contribution in [3.05, 3.63) is 29.1 Å². The number of esters is 1. The second-order valence-corrected chi connectivity index (χ2v) is 9.22. The lowest BCUT2D eigenvalue weighted by Gasteiger charge is -2.33. The van der Waals surface area contributed by atoms with E-state index in [0.717, 1.165) is 37.1 Å². The minimum atomic E-state index is -3.82. The molecular weight excluding hydrogens is 372 g/mol. The third-order valence-electron chi connectivity index (χ3n) is 4.65. The number of methoxy groups -OCH3 is 1. The Morgan fingerprint density at radius 1 is 1.31 bits per heavy atom. The molecular formula is C18H24N2O4S2. The number of sulfonamides is 1. The van der Waals surface area contributed by atoms with Crippen LogP contribution in [0.3, 0.4) is 0 Å². The molecule has 0 spiro atoms. The van der Waals surface area contributed by atoms with Gasteiger partial charge in [0.15, 0.2) is 0 Å². The van der Waals surface area contributed by atoms with E-state index >= 15 is 0 Å². The van der Waals surface area contributed by atoms with Crippen LogP contribution in [0.4, 0.5) is 0 Å². The van der Waals surface area contributed by atoms with Gasteiger partial charge in [0.1, 0.15) is 9.77 Å². The average Bonchev–Trinajstić information content (AvgIpc) is 3.06. The zero-order chi connectivity index (χ0) is 18.7. The maximum Gasteiger partial charge on any atom is 0.349 e. The van der Waals surface area contributed by atoms with E-state index in [1.165, 1.54) is 18.4 Å². The quantitative estimate of drug-likeness (QED) is 0.760. The lowest BCUT2D eigenvalue weighted by molar-refractivity contribution is 0.0602. The molecule has 2 heterocycles. The Bertz CT molecular complexity index is 886. The lowest BCUT2D eigenvalue weighted by Crippen LogP contribution is -2.46. The van der Waals surface area contributed by atoms with Crippen LogP contribution in [0.5, 0.6) is 0 Å². The molecule has 1 saturated heterocycles. The highest BCUT2D eigenvalue weighted by molar-refractivity contribution is 7.89. The number of nitrogens with zero attached hydrogens (tertiary/aromatic N) is 1. The smallest absolute Gasteiger partial charge is 0.349 e. The van der Waals surface area contributed by atoms with Gasteiger partial charge in [-0.1, -0.05) is 25.1 Å². The zero-order valence-electron chi connectivity index (χ0n) is 15.0. The molecule has 8 heteroatoms. The summed E-state index contributed by atoms with van der Waals surface area (Å²) in [4.78, 5) is 12.6. The summed E-state index contributed by atoms with van der Waals surface area (Å²) in [5.74, 6) is -0.605. The normalized spacial score (nSPS) is 16.3. The Labute approximate surface area is 158 Å². The molecule has 1 aliphatic heterocycles. The summed E-state index contributed by atoms with van der Waals surface area (Å²) in [6.45, 7) is 4.01. The lowest BCUT2D eigenvalue weighted by atomic mass is 10.1. The maximum absolute atomic E-state index is 13.6. The number of fused-ring (bicyclic) bond motifs is 1. The van der Waals surface area contributed by atoms with Gasteiger partial charge in [0.2, 0.25) is 10.0 Å². The first-order valence-corrected chi connectivity index (χ1v) is 11.1. The molecule has 1 N–H and O–H groups in total. The van der Waals surface area contributed by atoms with Crippen LogP contribution in [0.2, 0.25) is 0 Å². The van der Waals surface area contributed by atoms with Crippen molar-refractivity contribution in [1.29, 1.82) is 0 Å². The van der Waals surface area contributed by atoms with Crippen LogP contribution in [0, 0.1) is 0 Å². The zero-order valence-corrected chi connectivity index (χ0v) is 16.7. The van der Waals surface area contributed by atoms with E-state index < -0.39 is 16.0 Å². The van der Waals surface area contributed by atoms with E-state index in [9.17, 15) is 13.2 Å². The van der Waals surface area contributed by atoms with Crippen LogP contribution >= 0.6 is 11.3 Å². The van der Waals surface area contributed by atoms with E-state index in [1.807, 2.05) is 19.1 Å². The van der Waals surface area contributed by atoms with E-state index in [2.05, 4.69) is 5.32 Å².